The molecule has 0 aliphatic rings. The molecule has 0 radical (unpaired) electrons. The lowest BCUT2D eigenvalue weighted by molar-refractivity contribution is -0.137. The Kier molecular flexibility index (Phi) is 3.90. The number of anilines is 2. The van der Waals surface area contributed by atoms with Crippen LogP contribution >= 0.6 is 0 Å². The third-order valence-corrected chi connectivity index (χ3v) is 3.19. The summed E-state index contributed by atoms with van der Waals surface area (Å²) in [5.74, 6) is 0. The predicted octanol–water partition coefficient (Wildman–Crippen LogP) is 4.65. The molecule has 0 saturated heterocycles. The number of nitrogens with zero attached hydrogens (tertiary/aromatic N) is 2. The van der Waals surface area contributed by atoms with Crippen molar-refractivity contribution in [2.24, 2.45) is 0 Å². The second kappa shape index (κ2) is 5.49. The van der Waals surface area contributed by atoms with Gasteiger partial charge in [-0.3, -0.25) is 0 Å². The molecule has 0 unspecified atom stereocenters. The second-order valence-corrected chi connectivity index (χ2v) is 4.74. The van der Waals surface area contributed by atoms with Crippen molar-refractivity contribution in [1.82, 2.24) is 0 Å². The van der Waals surface area contributed by atoms with Crippen LogP contribution in [0.3, 0.4) is 0 Å². The first-order valence-electron chi connectivity index (χ1n) is 6.24. The summed E-state index contributed by atoms with van der Waals surface area (Å²) in [5.41, 5.74) is 1.46. The lowest BCUT2D eigenvalue weighted by Crippen LogP contribution is -2.13. The quantitative estimate of drug-likeness (QED) is 0.804. The molecule has 2 nitrogen and oxygen atoms in total. The highest BCUT2D eigenvalue weighted by atomic mass is 19.4. The van der Waals surface area contributed by atoms with E-state index in [0.717, 1.165) is 23.4 Å². The number of benzene rings is 2. The zero-order valence-corrected chi connectivity index (χ0v) is 11.6. The van der Waals surface area contributed by atoms with Crippen molar-refractivity contribution in [3.8, 4) is 6.07 Å². The van der Waals surface area contributed by atoms with Crippen LogP contribution in [0.15, 0.2) is 42.5 Å². The molecule has 108 valence electrons. The van der Waals surface area contributed by atoms with E-state index in [9.17, 15) is 13.2 Å². The van der Waals surface area contributed by atoms with Gasteiger partial charge >= 0.3 is 6.18 Å². The molecular weight excluding hydrogens is 277 g/mol. The van der Waals surface area contributed by atoms with Gasteiger partial charge in [-0.25, -0.2) is 0 Å². The molecule has 0 atom stereocenters. The van der Waals surface area contributed by atoms with E-state index in [-0.39, 0.29) is 5.56 Å². The van der Waals surface area contributed by atoms with Gasteiger partial charge in [-0.05, 0) is 42.8 Å². The van der Waals surface area contributed by atoms with Crippen molar-refractivity contribution in [2.45, 2.75) is 13.1 Å². The Morgan fingerprint density at radius 2 is 1.81 bits per heavy atom. The molecule has 2 rings (SSSR count). The van der Waals surface area contributed by atoms with Gasteiger partial charge in [-0.15, -0.1) is 0 Å². The maximum absolute atomic E-state index is 12.7. The highest BCUT2D eigenvalue weighted by Gasteiger charge is 2.31. The van der Waals surface area contributed by atoms with Crippen molar-refractivity contribution in [1.29, 1.82) is 5.26 Å². The Morgan fingerprint density at radius 1 is 1.10 bits per heavy atom. The van der Waals surface area contributed by atoms with Crippen LogP contribution in [0.4, 0.5) is 24.5 Å². The van der Waals surface area contributed by atoms with Gasteiger partial charge in [0.15, 0.2) is 0 Å². The van der Waals surface area contributed by atoms with Gasteiger partial charge in [0, 0.05) is 12.7 Å². The van der Waals surface area contributed by atoms with Crippen LogP contribution in [0.5, 0.6) is 0 Å². The average molecular weight is 290 g/mol. The van der Waals surface area contributed by atoms with Crippen LogP contribution in [0.25, 0.3) is 0 Å². The lowest BCUT2D eigenvalue weighted by atomic mass is 10.1. The number of hydrogen-bond donors (Lipinski definition) is 0. The molecule has 2 aromatic rings. The van der Waals surface area contributed by atoms with Gasteiger partial charge in [0.2, 0.25) is 0 Å². The summed E-state index contributed by atoms with van der Waals surface area (Å²) >= 11 is 0. The van der Waals surface area contributed by atoms with Crippen LogP contribution in [0.2, 0.25) is 0 Å². The Hall–Kier alpha value is -2.48. The highest BCUT2D eigenvalue weighted by Crippen LogP contribution is 2.34. The lowest BCUT2D eigenvalue weighted by Gasteiger charge is -2.22. The van der Waals surface area contributed by atoms with Crippen LogP contribution in [0, 0.1) is 18.3 Å². The zero-order valence-electron chi connectivity index (χ0n) is 11.6. The topological polar surface area (TPSA) is 27.0 Å². The molecular formula is C16H13F3N2. The first-order chi connectivity index (χ1) is 9.82. The number of halogens is 3. The molecule has 0 bridgehead atoms. The Balaban J connectivity index is 2.47. The van der Waals surface area contributed by atoms with E-state index >= 15 is 0 Å². The first-order valence-corrected chi connectivity index (χ1v) is 6.24. The molecule has 2 aromatic carbocycles. The maximum Gasteiger partial charge on any atom is 0.416 e. The van der Waals surface area contributed by atoms with Crippen molar-refractivity contribution < 1.29 is 13.2 Å². The summed E-state index contributed by atoms with van der Waals surface area (Å²) in [6, 6.07) is 12.5. The summed E-state index contributed by atoms with van der Waals surface area (Å²) < 4.78 is 38.1. The molecule has 0 aromatic heterocycles. The van der Waals surface area contributed by atoms with Crippen molar-refractivity contribution in [3.05, 3.63) is 59.2 Å². The summed E-state index contributed by atoms with van der Waals surface area (Å²) in [5, 5.41) is 9.11. The Bertz CT molecular complexity index is 699. The first kappa shape index (κ1) is 14.9. The van der Waals surface area contributed by atoms with Gasteiger partial charge in [0.25, 0.3) is 0 Å². The number of nitriles is 1. The SMILES string of the molecule is Cc1cccc(N(C)c2ccc(C(F)(F)F)cc2C#N)c1. The minimum atomic E-state index is -4.45. The molecule has 0 N–H and O–H groups in total. The third-order valence-electron chi connectivity index (χ3n) is 3.19. The minimum absolute atomic E-state index is 0.00571. The van der Waals surface area contributed by atoms with Gasteiger partial charge in [0.1, 0.15) is 6.07 Å². The molecule has 0 fully saturated rings. The molecule has 0 aliphatic carbocycles. The van der Waals surface area contributed by atoms with Crippen LogP contribution in [0.1, 0.15) is 16.7 Å². The Morgan fingerprint density at radius 3 is 2.38 bits per heavy atom. The van der Waals surface area contributed by atoms with Crippen LogP contribution in [-0.2, 0) is 6.18 Å². The second-order valence-electron chi connectivity index (χ2n) is 4.74. The summed E-state index contributed by atoms with van der Waals surface area (Å²) in [6.07, 6.45) is -4.45. The monoisotopic (exact) mass is 290 g/mol. The average Bonchev–Trinajstić information content (AvgIpc) is 2.45. The largest absolute Gasteiger partial charge is 0.416 e. The zero-order chi connectivity index (χ0) is 15.6. The van der Waals surface area contributed by atoms with Crippen molar-refractivity contribution in [2.75, 3.05) is 11.9 Å². The Labute approximate surface area is 121 Å². The fourth-order valence-corrected chi connectivity index (χ4v) is 2.07. The van der Waals surface area contributed by atoms with Gasteiger partial charge in [-0.2, -0.15) is 18.4 Å². The van der Waals surface area contributed by atoms with Gasteiger partial charge in [-0.1, -0.05) is 12.1 Å². The van der Waals surface area contributed by atoms with E-state index < -0.39 is 11.7 Å². The van der Waals surface area contributed by atoms with E-state index in [4.69, 9.17) is 5.26 Å². The summed E-state index contributed by atoms with van der Waals surface area (Å²) in [6.45, 7) is 1.93. The van der Waals surface area contributed by atoms with E-state index in [1.165, 1.54) is 6.07 Å². The minimum Gasteiger partial charge on any atom is -0.344 e. The number of alkyl halides is 3. The van der Waals surface area contributed by atoms with Gasteiger partial charge < -0.3 is 4.90 Å². The normalized spacial score (nSPS) is 11.0. The number of hydrogen-bond acceptors (Lipinski definition) is 2. The van der Waals surface area contributed by atoms with Crippen LogP contribution < -0.4 is 4.90 Å². The fourth-order valence-electron chi connectivity index (χ4n) is 2.07. The molecule has 21 heavy (non-hydrogen) atoms. The van der Waals surface area contributed by atoms with E-state index in [1.54, 1.807) is 11.9 Å². The maximum atomic E-state index is 12.7. The fraction of sp³-hybridized carbons (Fsp3) is 0.188. The number of aryl methyl sites for hydroxylation is 1. The molecule has 0 aliphatic heterocycles. The van der Waals surface area contributed by atoms with Gasteiger partial charge in [0.05, 0.1) is 16.8 Å². The molecule has 0 amide bonds. The summed E-state index contributed by atoms with van der Waals surface area (Å²) in [7, 11) is 1.72. The summed E-state index contributed by atoms with van der Waals surface area (Å²) in [4.78, 5) is 1.70. The molecule has 0 heterocycles. The third kappa shape index (κ3) is 3.16. The molecule has 0 spiro atoms. The standard InChI is InChI=1S/C16H13F3N2/c1-11-4-3-5-14(8-11)21(2)15-7-6-13(16(17,18)19)9-12(15)10-20/h3-9H,1-2H3. The highest BCUT2D eigenvalue weighted by molar-refractivity contribution is 5.69. The van der Waals surface area contributed by atoms with Crippen LogP contribution in [-0.4, -0.2) is 7.05 Å². The van der Waals surface area contributed by atoms with E-state index in [0.29, 0.717) is 5.69 Å². The van der Waals surface area contributed by atoms with Crippen molar-refractivity contribution in [3.63, 3.8) is 0 Å². The number of rotatable bonds is 2. The van der Waals surface area contributed by atoms with E-state index in [1.807, 2.05) is 37.3 Å². The molecule has 5 heteroatoms. The molecule has 0 saturated carbocycles. The predicted molar refractivity (Wildman–Crippen MR) is 75.4 cm³/mol. The smallest absolute Gasteiger partial charge is 0.344 e. The van der Waals surface area contributed by atoms with Crippen molar-refractivity contribution >= 4 is 11.4 Å². The van der Waals surface area contributed by atoms with E-state index in [2.05, 4.69) is 0 Å².